The van der Waals surface area contributed by atoms with Crippen molar-refractivity contribution in [2.45, 2.75) is 25.8 Å². The first-order chi connectivity index (χ1) is 9.97. The third kappa shape index (κ3) is 4.48. The third-order valence-corrected chi connectivity index (χ3v) is 4.01. The van der Waals surface area contributed by atoms with Crippen molar-refractivity contribution < 1.29 is 14.7 Å². The standard InChI is InChI=1S/C16H22N2O3/c1-11-8-13(11)10-18(2)16(21)17-14(15(19)20)9-12-6-4-3-5-7-12/h3-7,11,13-14H,8-10H2,1-2H3,(H,17,21)(H,19,20)/t11?,13?,14-/m1/s1. The monoisotopic (exact) mass is 290 g/mol. The summed E-state index contributed by atoms with van der Waals surface area (Å²) in [6.45, 7) is 2.84. The summed E-state index contributed by atoms with van der Waals surface area (Å²) in [6.07, 6.45) is 1.43. The zero-order valence-electron chi connectivity index (χ0n) is 12.5. The number of amides is 2. The Kier molecular flexibility index (Phi) is 4.83. The van der Waals surface area contributed by atoms with Gasteiger partial charge in [0.15, 0.2) is 0 Å². The van der Waals surface area contributed by atoms with Gasteiger partial charge in [0.25, 0.3) is 0 Å². The Bertz CT molecular complexity index is 504. The van der Waals surface area contributed by atoms with Gasteiger partial charge in [0, 0.05) is 20.0 Å². The van der Waals surface area contributed by atoms with Crippen molar-refractivity contribution in [3.05, 3.63) is 35.9 Å². The van der Waals surface area contributed by atoms with Gasteiger partial charge in [0.2, 0.25) is 0 Å². The Morgan fingerprint density at radius 1 is 1.38 bits per heavy atom. The summed E-state index contributed by atoms with van der Waals surface area (Å²) in [5, 5.41) is 11.9. The molecule has 0 spiro atoms. The molecule has 0 radical (unpaired) electrons. The molecule has 0 aliphatic heterocycles. The van der Waals surface area contributed by atoms with E-state index in [1.54, 1.807) is 11.9 Å². The van der Waals surface area contributed by atoms with Crippen LogP contribution >= 0.6 is 0 Å². The maximum atomic E-state index is 12.1. The topological polar surface area (TPSA) is 69.6 Å². The number of nitrogens with one attached hydrogen (secondary N) is 1. The second-order valence-electron chi connectivity index (χ2n) is 5.88. The highest BCUT2D eigenvalue weighted by Crippen LogP contribution is 2.37. The number of hydrogen-bond donors (Lipinski definition) is 2. The maximum Gasteiger partial charge on any atom is 0.326 e. The van der Waals surface area contributed by atoms with Gasteiger partial charge in [-0.3, -0.25) is 0 Å². The number of carboxylic acid groups (broad SMARTS) is 1. The molecule has 21 heavy (non-hydrogen) atoms. The second-order valence-corrected chi connectivity index (χ2v) is 5.88. The molecule has 1 aromatic carbocycles. The molecule has 2 amide bonds. The number of benzene rings is 1. The molecular weight excluding hydrogens is 268 g/mol. The van der Waals surface area contributed by atoms with Gasteiger partial charge in [0.1, 0.15) is 6.04 Å². The minimum Gasteiger partial charge on any atom is -0.480 e. The maximum absolute atomic E-state index is 12.1. The number of nitrogens with zero attached hydrogens (tertiary/aromatic N) is 1. The fourth-order valence-electron chi connectivity index (χ4n) is 2.40. The van der Waals surface area contributed by atoms with Crippen molar-refractivity contribution in [1.29, 1.82) is 0 Å². The summed E-state index contributed by atoms with van der Waals surface area (Å²) in [5.74, 6) is 0.207. The highest BCUT2D eigenvalue weighted by molar-refractivity contribution is 5.82. The molecule has 2 unspecified atom stereocenters. The molecule has 114 valence electrons. The summed E-state index contributed by atoms with van der Waals surface area (Å²) in [4.78, 5) is 25.0. The molecule has 1 fully saturated rings. The zero-order valence-corrected chi connectivity index (χ0v) is 12.5. The van der Waals surface area contributed by atoms with Crippen molar-refractivity contribution >= 4 is 12.0 Å². The normalized spacial score (nSPS) is 21.4. The average Bonchev–Trinajstić information content (AvgIpc) is 3.14. The molecule has 1 aliphatic rings. The number of aliphatic carboxylic acids is 1. The van der Waals surface area contributed by atoms with Crippen LogP contribution < -0.4 is 5.32 Å². The first-order valence-electron chi connectivity index (χ1n) is 7.25. The van der Waals surface area contributed by atoms with Crippen molar-refractivity contribution in [1.82, 2.24) is 10.2 Å². The quantitative estimate of drug-likeness (QED) is 0.841. The van der Waals surface area contributed by atoms with Crippen LogP contribution in [0.3, 0.4) is 0 Å². The van der Waals surface area contributed by atoms with E-state index in [2.05, 4.69) is 12.2 Å². The van der Waals surface area contributed by atoms with E-state index in [1.165, 1.54) is 0 Å². The molecule has 0 bridgehead atoms. The van der Waals surface area contributed by atoms with Crippen molar-refractivity contribution in [3.8, 4) is 0 Å². The summed E-state index contributed by atoms with van der Waals surface area (Å²) >= 11 is 0. The minimum atomic E-state index is -1.01. The molecule has 0 heterocycles. The fourth-order valence-corrected chi connectivity index (χ4v) is 2.40. The molecule has 2 rings (SSSR count). The summed E-state index contributed by atoms with van der Waals surface area (Å²) in [6, 6.07) is 8.09. The van der Waals surface area contributed by atoms with Gasteiger partial charge in [-0.1, -0.05) is 37.3 Å². The molecule has 1 aromatic rings. The average molecular weight is 290 g/mol. The number of carbonyl (C=O) groups is 2. The predicted molar refractivity (Wildman–Crippen MR) is 80.0 cm³/mol. The molecule has 3 atom stereocenters. The van der Waals surface area contributed by atoms with Crippen LogP contribution in [-0.2, 0) is 11.2 Å². The van der Waals surface area contributed by atoms with E-state index >= 15 is 0 Å². The van der Waals surface area contributed by atoms with Gasteiger partial charge in [-0.05, 0) is 23.8 Å². The SMILES string of the molecule is CC1CC1CN(C)C(=O)N[C@H](Cc1ccccc1)C(=O)O. The van der Waals surface area contributed by atoms with E-state index in [1.807, 2.05) is 30.3 Å². The van der Waals surface area contributed by atoms with Gasteiger partial charge in [-0.2, -0.15) is 0 Å². The summed E-state index contributed by atoms with van der Waals surface area (Å²) in [5.41, 5.74) is 0.892. The Morgan fingerprint density at radius 3 is 2.52 bits per heavy atom. The van der Waals surface area contributed by atoms with E-state index in [0.717, 1.165) is 12.0 Å². The van der Waals surface area contributed by atoms with Crippen LogP contribution in [0.15, 0.2) is 30.3 Å². The first-order valence-corrected chi connectivity index (χ1v) is 7.25. The Balaban J connectivity index is 1.89. The number of carbonyl (C=O) groups excluding carboxylic acids is 1. The van der Waals surface area contributed by atoms with Crippen LogP contribution in [0.1, 0.15) is 18.9 Å². The van der Waals surface area contributed by atoms with Crippen LogP contribution in [0.25, 0.3) is 0 Å². The third-order valence-electron chi connectivity index (χ3n) is 4.01. The number of urea groups is 1. The van der Waals surface area contributed by atoms with Crippen LogP contribution in [0.2, 0.25) is 0 Å². The van der Waals surface area contributed by atoms with Crippen molar-refractivity contribution in [2.75, 3.05) is 13.6 Å². The van der Waals surface area contributed by atoms with Crippen molar-refractivity contribution in [3.63, 3.8) is 0 Å². The highest BCUT2D eigenvalue weighted by atomic mass is 16.4. The van der Waals surface area contributed by atoms with Crippen LogP contribution in [0.5, 0.6) is 0 Å². The van der Waals surface area contributed by atoms with E-state index in [4.69, 9.17) is 0 Å². The number of hydrogen-bond acceptors (Lipinski definition) is 2. The van der Waals surface area contributed by atoms with Crippen LogP contribution in [0, 0.1) is 11.8 Å². The van der Waals surface area contributed by atoms with Crippen LogP contribution in [0.4, 0.5) is 4.79 Å². The lowest BCUT2D eigenvalue weighted by Crippen LogP contribution is -2.48. The lowest BCUT2D eigenvalue weighted by molar-refractivity contribution is -0.139. The molecule has 5 heteroatoms. The number of rotatable bonds is 6. The lowest BCUT2D eigenvalue weighted by atomic mass is 10.1. The fraction of sp³-hybridized carbons (Fsp3) is 0.500. The molecule has 0 aromatic heterocycles. The molecule has 1 aliphatic carbocycles. The Morgan fingerprint density at radius 2 is 2.00 bits per heavy atom. The van der Waals surface area contributed by atoms with Gasteiger partial charge < -0.3 is 15.3 Å². The first kappa shape index (κ1) is 15.4. The van der Waals surface area contributed by atoms with Gasteiger partial charge in [0.05, 0.1) is 0 Å². The second kappa shape index (κ2) is 6.61. The van der Waals surface area contributed by atoms with E-state index < -0.39 is 12.0 Å². The van der Waals surface area contributed by atoms with Gasteiger partial charge in [-0.25, -0.2) is 9.59 Å². The largest absolute Gasteiger partial charge is 0.480 e. The predicted octanol–water partition coefficient (Wildman–Crippen LogP) is 1.98. The Hall–Kier alpha value is -2.04. The molecule has 5 nitrogen and oxygen atoms in total. The molecular formula is C16H22N2O3. The summed E-state index contributed by atoms with van der Waals surface area (Å²) in [7, 11) is 1.71. The highest BCUT2D eigenvalue weighted by Gasteiger charge is 2.34. The molecule has 0 saturated heterocycles. The molecule has 2 N–H and O–H groups in total. The molecule has 1 saturated carbocycles. The smallest absolute Gasteiger partial charge is 0.326 e. The van der Waals surface area contributed by atoms with Gasteiger partial charge in [-0.15, -0.1) is 0 Å². The van der Waals surface area contributed by atoms with E-state index in [0.29, 0.717) is 18.4 Å². The Labute approximate surface area is 125 Å². The number of carboxylic acids is 1. The minimum absolute atomic E-state index is 0.287. The van der Waals surface area contributed by atoms with E-state index in [-0.39, 0.29) is 12.5 Å². The zero-order chi connectivity index (χ0) is 15.4. The van der Waals surface area contributed by atoms with Gasteiger partial charge >= 0.3 is 12.0 Å². The summed E-state index contributed by atoms with van der Waals surface area (Å²) < 4.78 is 0. The van der Waals surface area contributed by atoms with E-state index in [9.17, 15) is 14.7 Å². The van der Waals surface area contributed by atoms with Crippen molar-refractivity contribution in [2.24, 2.45) is 11.8 Å². The van der Waals surface area contributed by atoms with Crippen LogP contribution in [-0.4, -0.2) is 41.6 Å². The lowest BCUT2D eigenvalue weighted by Gasteiger charge is -2.21.